The van der Waals surface area contributed by atoms with Gasteiger partial charge in [0.05, 0.1) is 18.8 Å². The van der Waals surface area contributed by atoms with E-state index in [0.717, 1.165) is 25.7 Å². The highest BCUT2D eigenvalue weighted by Crippen LogP contribution is 2.32. The Labute approximate surface area is 132 Å². The SMILES string of the molecule is C=CCOC1CCC(OCC2CCC(C=C)CC2)C(F)C1F. The molecule has 0 aromatic heterocycles. The molecule has 0 heterocycles. The van der Waals surface area contributed by atoms with Crippen molar-refractivity contribution < 1.29 is 18.3 Å². The van der Waals surface area contributed by atoms with Crippen LogP contribution in [0.1, 0.15) is 38.5 Å². The molecule has 0 amide bonds. The van der Waals surface area contributed by atoms with Gasteiger partial charge in [0.1, 0.15) is 0 Å². The average molecular weight is 314 g/mol. The van der Waals surface area contributed by atoms with Crippen LogP contribution in [0.2, 0.25) is 0 Å². The van der Waals surface area contributed by atoms with E-state index in [1.54, 1.807) is 6.08 Å². The summed E-state index contributed by atoms with van der Waals surface area (Å²) in [5.41, 5.74) is 0. The van der Waals surface area contributed by atoms with Crippen LogP contribution in [0.25, 0.3) is 0 Å². The summed E-state index contributed by atoms with van der Waals surface area (Å²) >= 11 is 0. The first-order valence-electron chi connectivity index (χ1n) is 8.40. The molecule has 0 N–H and O–H groups in total. The topological polar surface area (TPSA) is 18.5 Å². The summed E-state index contributed by atoms with van der Waals surface area (Å²) in [4.78, 5) is 0. The molecule has 4 atom stereocenters. The standard InChI is InChI=1S/C18H28F2O2/c1-3-11-21-15-9-10-16(18(20)17(15)19)22-12-14-7-5-13(4-2)6-8-14/h3-4,13-18H,1-2,5-12H2. The van der Waals surface area contributed by atoms with Crippen LogP contribution in [0, 0.1) is 11.8 Å². The van der Waals surface area contributed by atoms with E-state index in [4.69, 9.17) is 9.47 Å². The molecule has 2 fully saturated rings. The number of ether oxygens (including phenoxy) is 2. The van der Waals surface area contributed by atoms with Crippen LogP contribution in [0.5, 0.6) is 0 Å². The first kappa shape index (κ1) is 17.6. The summed E-state index contributed by atoms with van der Waals surface area (Å²) in [6.45, 7) is 8.16. The maximum atomic E-state index is 14.2. The number of hydrogen-bond donors (Lipinski definition) is 0. The Kier molecular flexibility index (Phi) is 7.03. The van der Waals surface area contributed by atoms with Crippen molar-refractivity contribution in [3.8, 4) is 0 Å². The van der Waals surface area contributed by atoms with Crippen molar-refractivity contribution in [2.24, 2.45) is 11.8 Å². The van der Waals surface area contributed by atoms with E-state index in [1.807, 2.05) is 6.08 Å². The molecule has 2 saturated carbocycles. The first-order chi connectivity index (χ1) is 10.7. The van der Waals surface area contributed by atoms with Gasteiger partial charge in [0, 0.05) is 6.61 Å². The minimum Gasteiger partial charge on any atom is -0.375 e. The van der Waals surface area contributed by atoms with E-state index < -0.39 is 24.6 Å². The van der Waals surface area contributed by atoms with Gasteiger partial charge in [-0.3, -0.25) is 0 Å². The molecular formula is C18H28F2O2. The molecule has 0 aromatic rings. The van der Waals surface area contributed by atoms with Crippen LogP contribution in [-0.2, 0) is 9.47 Å². The van der Waals surface area contributed by atoms with Crippen LogP contribution in [0.15, 0.2) is 25.3 Å². The summed E-state index contributed by atoms with van der Waals surface area (Å²) in [5, 5.41) is 0. The van der Waals surface area contributed by atoms with Crippen LogP contribution in [-0.4, -0.2) is 37.8 Å². The lowest BCUT2D eigenvalue weighted by atomic mass is 9.82. The molecule has 2 aliphatic carbocycles. The van der Waals surface area contributed by atoms with Crippen molar-refractivity contribution in [1.29, 1.82) is 0 Å². The Hall–Kier alpha value is -0.740. The minimum atomic E-state index is -1.60. The summed E-state index contributed by atoms with van der Waals surface area (Å²) in [6, 6.07) is 0. The Morgan fingerprint density at radius 3 is 2.00 bits per heavy atom. The van der Waals surface area contributed by atoms with Gasteiger partial charge in [0.25, 0.3) is 0 Å². The third-order valence-electron chi connectivity index (χ3n) is 4.95. The fraction of sp³-hybridized carbons (Fsp3) is 0.778. The summed E-state index contributed by atoms with van der Waals surface area (Å²) in [6.07, 6.45) is 4.54. The second-order valence-corrected chi connectivity index (χ2v) is 6.51. The lowest BCUT2D eigenvalue weighted by molar-refractivity contribution is -0.119. The van der Waals surface area contributed by atoms with Crippen molar-refractivity contribution in [3.63, 3.8) is 0 Å². The Balaban J connectivity index is 1.72. The number of allylic oxidation sites excluding steroid dienone is 1. The molecule has 0 spiro atoms. The van der Waals surface area contributed by atoms with E-state index in [1.165, 1.54) is 0 Å². The Bertz CT molecular complexity index is 353. The van der Waals surface area contributed by atoms with Crippen molar-refractivity contribution >= 4 is 0 Å². The number of hydrogen-bond acceptors (Lipinski definition) is 2. The van der Waals surface area contributed by atoms with Crippen molar-refractivity contribution in [2.75, 3.05) is 13.2 Å². The summed E-state index contributed by atoms with van der Waals surface area (Å²) < 4.78 is 39.2. The summed E-state index contributed by atoms with van der Waals surface area (Å²) in [5.74, 6) is 1.08. The van der Waals surface area contributed by atoms with Crippen molar-refractivity contribution in [2.45, 2.75) is 63.1 Å². The summed E-state index contributed by atoms with van der Waals surface area (Å²) in [7, 11) is 0. The molecule has 0 radical (unpaired) electrons. The molecule has 2 rings (SSSR count). The molecule has 2 nitrogen and oxygen atoms in total. The fourth-order valence-corrected chi connectivity index (χ4v) is 3.45. The molecule has 0 bridgehead atoms. The molecule has 4 heteroatoms. The van der Waals surface area contributed by atoms with Gasteiger partial charge < -0.3 is 9.47 Å². The fourth-order valence-electron chi connectivity index (χ4n) is 3.45. The molecular weight excluding hydrogens is 286 g/mol. The lowest BCUT2D eigenvalue weighted by Crippen LogP contribution is -2.47. The zero-order valence-corrected chi connectivity index (χ0v) is 13.3. The second kappa shape index (κ2) is 8.78. The molecule has 4 unspecified atom stereocenters. The quantitative estimate of drug-likeness (QED) is 0.648. The minimum absolute atomic E-state index is 0.260. The molecule has 0 aromatic carbocycles. The second-order valence-electron chi connectivity index (χ2n) is 6.51. The van der Waals surface area contributed by atoms with E-state index in [-0.39, 0.29) is 6.61 Å². The van der Waals surface area contributed by atoms with E-state index in [2.05, 4.69) is 13.2 Å². The highest BCUT2D eigenvalue weighted by molar-refractivity contribution is 4.91. The molecule has 0 saturated heterocycles. The predicted octanol–water partition coefficient (Wildman–Crippen LogP) is 4.41. The molecule has 2 aliphatic rings. The van der Waals surface area contributed by atoms with Gasteiger partial charge in [0.2, 0.25) is 0 Å². The maximum Gasteiger partial charge on any atom is 0.160 e. The lowest BCUT2D eigenvalue weighted by Gasteiger charge is -2.35. The van der Waals surface area contributed by atoms with Gasteiger partial charge in [-0.2, -0.15) is 0 Å². The van der Waals surface area contributed by atoms with Gasteiger partial charge in [0.15, 0.2) is 12.3 Å². The van der Waals surface area contributed by atoms with E-state index in [9.17, 15) is 8.78 Å². The molecule has 126 valence electrons. The van der Waals surface area contributed by atoms with Gasteiger partial charge in [-0.1, -0.05) is 12.2 Å². The highest BCUT2D eigenvalue weighted by Gasteiger charge is 2.41. The van der Waals surface area contributed by atoms with Gasteiger partial charge in [-0.05, 0) is 50.4 Å². The number of alkyl halides is 2. The maximum absolute atomic E-state index is 14.2. The Morgan fingerprint density at radius 1 is 0.864 bits per heavy atom. The molecule has 0 aliphatic heterocycles. The van der Waals surface area contributed by atoms with Crippen LogP contribution < -0.4 is 0 Å². The first-order valence-corrected chi connectivity index (χ1v) is 8.40. The third-order valence-corrected chi connectivity index (χ3v) is 4.95. The monoisotopic (exact) mass is 314 g/mol. The van der Waals surface area contributed by atoms with E-state index >= 15 is 0 Å². The zero-order valence-electron chi connectivity index (χ0n) is 13.3. The van der Waals surface area contributed by atoms with E-state index in [0.29, 0.717) is 31.3 Å². The van der Waals surface area contributed by atoms with Gasteiger partial charge in [-0.25, -0.2) is 8.78 Å². The third kappa shape index (κ3) is 4.63. The van der Waals surface area contributed by atoms with Crippen molar-refractivity contribution in [1.82, 2.24) is 0 Å². The largest absolute Gasteiger partial charge is 0.375 e. The van der Waals surface area contributed by atoms with Gasteiger partial charge >= 0.3 is 0 Å². The molecule has 22 heavy (non-hydrogen) atoms. The highest BCUT2D eigenvalue weighted by atomic mass is 19.2. The van der Waals surface area contributed by atoms with Gasteiger partial charge in [-0.15, -0.1) is 13.2 Å². The van der Waals surface area contributed by atoms with Crippen molar-refractivity contribution in [3.05, 3.63) is 25.3 Å². The van der Waals surface area contributed by atoms with Crippen LogP contribution >= 0.6 is 0 Å². The number of rotatable bonds is 7. The smallest absolute Gasteiger partial charge is 0.160 e. The normalized spacial score (nSPS) is 39.4. The Morgan fingerprint density at radius 2 is 1.45 bits per heavy atom. The van der Waals surface area contributed by atoms with Crippen LogP contribution in [0.3, 0.4) is 0 Å². The average Bonchev–Trinajstić information content (AvgIpc) is 2.56. The predicted molar refractivity (Wildman–Crippen MR) is 84.3 cm³/mol. The number of halogens is 2. The zero-order chi connectivity index (χ0) is 15.9. The van der Waals surface area contributed by atoms with Crippen LogP contribution in [0.4, 0.5) is 8.78 Å².